The van der Waals surface area contributed by atoms with E-state index in [4.69, 9.17) is 9.47 Å². The zero-order valence-corrected chi connectivity index (χ0v) is 19.5. The number of aryl methyl sites for hydroxylation is 3. The van der Waals surface area contributed by atoms with Gasteiger partial charge < -0.3 is 9.47 Å². The highest BCUT2D eigenvalue weighted by atomic mass is 16.5. The lowest BCUT2D eigenvalue weighted by atomic mass is 10.0. The fourth-order valence-corrected chi connectivity index (χ4v) is 3.90. The Labute approximate surface area is 195 Å². The molecule has 3 heteroatoms. The number of ketones is 1. The molecule has 0 heterocycles. The van der Waals surface area contributed by atoms with Crippen LogP contribution in [-0.2, 0) is 6.42 Å². The molecular weight excluding hydrogens is 408 g/mol. The summed E-state index contributed by atoms with van der Waals surface area (Å²) in [6.07, 6.45) is 0.849. The number of rotatable bonds is 7. The molecule has 0 atom stereocenters. The van der Waals surface area contributed by atoms with E-state index >= 15 is 0 Å². The number of benzene rings is 4. The van der Waals surface area contributed by atoms with Crippen LogP contribution in [0.3, 0.4) is 0 Å². The van der Waals surface area contributed by atoms with Gasteiger partial charge in [-0.2, -0.15) is 0 Å². The van der Waals surface area contributed by atoms with Crippen molar-refractivity contribution in [1.82, 2.24) is 0 Å². The molecule has 0 aliphatic carbocycles. The van der Waals surface area contributed by atoms with Crippen molar-refractivity contribution in [2.24, 2.45) is 0 Å². The highest BCUT2D eigenvalue weighted by Gasteiger charge is 2.10. The fraction of sp³-hybridized carbons (Fsp3) is 0.167. The van der Waals surface area contributed by atoms with E-state index < -0.39 is 0 Å². The predicted molar refractivity (Wildman–Crippen MR) is 133 cm³/mol. The molecule has 166 valence electrons. The van der Waals surface area contributed by atoms with Gasteiger partial charge in [0.25, 0.3) is 0 Å². The quantitative estimate of drug-likeness (QED) is 0.287. The number of methoxy groups -OCH3 is 1. The SMILES string of the molecule is COc1ccc(Cc2ccc(Oc3ccc(C(=O)c4ccc(C)cc4)cc3)c(C)c2)cc1C. The third-order valence-electron chi connectivity index (χ3n) is 5.76. The Morgan fingerprint density at radius 3 is 1.70 bits per heavy atom. The van der Waals surface area contributed by atoms with Gasteiger partial charge in [-0.3, -0.25) is 4.79 Å². The molecule has 4 aromatic rings. The second kappa shape index (κ2) is 9.74. The van der Waals surface area contributed by atoms with Crippen molar-refractivity contribution < 1.29 is 14.3 Å². The Balaban J connectivity index is 1.44. The minimum absolute atomic E-state index is 0.0100. The summed E-state index contributed by atoms with van der Waals surface area (Å²) in [5, 5.41) is 0. The standard InChI is InChI=1S/C30H28O3/c1-20-5-9-25(10-6-20)30(31)26-11-13-27(14-12-26)33-29-16-8-24(18-22(29)3)19-23-7-15-28(32-4)21(2)17-23/h5-18H,19H2,1-4H3. The molecule has 0 unspecified atom stereocenters. The van der Waals surface area contributed by atoms with E-state index in [9.17, 15) is 4.79 Å². The van der Waals surface area contributed by atoms with Gasteiger partial charge in [0.05, 0.1) is 7.11 Å². The lowest BCUT2D eigenvalue weighted by molar-refractivity contribution is 0.103. The van der Waals surface area contributed by atoms with Crippen LogP contribution in [0.4, 0.5) is 0 Å². The number of ether oxygens (including phenoxy) is 2. The zero-order chi connectivity index (χ0) is 23.4. The van der Waals surface area contributed by atoms with E-state index in [1.165, 1.54) is 11.1 Å². The van der Waals surface area contributed by atoms with Gasteiger partial charge in [-0.05, 0) is 85.8 Å². The first-order valence-corrected chi connectivity index (χ1v) is 11.1. The molecule has 0 fully saturated rings. The molecule has 4 aromatic carbocycles. The molecule has 0 spiro atoms. The molecule has 33 heavy (non-hydrogen) atoms. The van der Waals surface area contributed by atoms with Gasteiger partial charge in [-0.15, -0.1) is 0 Å². The van der Waals surface area contributed by atoms with Gasteiger partial charge in [0.2, 0.25) is 0 Å². The Hall–Kier alpha value is -3.85. The number of carbonyl (C=O) groups excluding carboxylic acids is 1. The summed E-state index contributed by atoms with van der Waals surface area (Å²) in [7, 11) is 1.69. The molecule has 3 nitrogen and oxygen atoms in total. The van der Waals surface area contributed by atoms with Gasteiger partial charge in [-0.1, -0.05) is 54.1 Å². The van der Waals surface area contributed by atoms with Crippen molar-refractivity contribution in [2.75, 3.05) is 7.11 Å². The lowest BCUT2D eigenvalue weighted by Crippen LogP contribution is -2.01. The van der Waals surface area contributed by atoms with E-state index in [2.05, 4.69) is 31.2 Å². The molecule has 0 saturated heterocycles. The maximum Gasteiger partial charge on any atom is 0.193 e. The van der Waals surface area contributed by atoms with Crippen LogP contribution < -0.4 is 9.47 Å². The number of carbonyl (C=O) groups is 1. The highest BCUT2D eigenvalue weighted by Crippen LogP contribution is 2.28. The van der Waals surface area contributed by atoms with Gasteiger partial charge in [0.15, 0.2) is 5.78 Å². The summed E-state index contributed by atoms with van der Waals surface area (Å²) in [5.41, 5.74) is 7.14. The van der Waals surface area contributed by atoms with E-state index in [0.29, 0.717) is 16.9 Å². The lowest BCUT2D eigenvalue weighted by Gasteiger charge is -2.12. The summed E-state index contributed by atoms with van der Waals surface area (Å²) >= 11 is 0. The summed E-state index contributed by atoms with van der Waals surface area (Å²) in [5.74, 6) is 2.43. The first kappa shape index (κ1) is 22.3. The summed E-state index contributed by atoms with van der Waals surface area (Å²) in [4.78, 5) is 12.7. The van der Waals surface area contributed by atoms with Crippen molar-refractivity contribution in [2.45, 2.75) is 27.2 Å². The zero-order valence-electron chi connectivity index (χ0n) is 19.5. The Bertz CT molecular complexity index is 1270. The Morgan fingerprint density at radius 1 is 0.667 bits per heavy atom. The van der Waals surface area contributed by atoms with Crippen LogP contribution in [0.5, 0.6) is 17.2 Å². The minimum Gasteiger partial charge on any atom is -0.496 e. The van der Waals surface area contributed by atoms with Crippen LogP contribution in [0.1, 0.15) is 43.7 Å². The van der Waals surface area contributed by atoms with Crippen molar-refractivity contribution in [3.05, 3.63) is 124 Å². The maximum atomic E-state index is 12.7. The average Bonchev–Trinajstić information content (AvgIpc) is 2.81. The minimum atomic E-state index is 0.0100. The first-order chi connectivity index (χ1) is 15.9. The molecule has 0 amide bonds. The molecule has 0 bridgehead atoms. The Morgan fingerprint density at radius 2 is 1.18 bits per heavy atom. The van der Waals surface area contributed by atoms with Crippen molar-refractivity contribution in [3.8, 4) is 17.2 Å². The van der Waals surface area contributed by atoms with Gasteiger partial charge in [0, 0.05) is 11.1 Å². The first-order valence-electron chi connectivity index (χ1n) is 11.1. The second-order valence-electron chi connectivity index (χ2n) is 8.40. The molecular formula is C30H28O3. The monoisotopic (exact) mass is 436 g/mol. The van der Waals surface area contributed by atoms with Crippen molar-refractivity contribution in [3.63, 3.8) is 0 Å². The molecule has 0 saturated carbocycles. The molecule has 0 aromatic heterocycles. The van der Waals surface area contributed by atoms with Crippen LogP contribution >= 0.6 is 0 Å². The third-order valence-corrected chi connectivity index (χ3v) is 5.76. The molecule has 0 aliphatic heterocycles. The summed E-state index contributed by atoms with van der Waals surface area (Å²) in [6, 6.07) is 27.5. The largest absolute Gasteiger partial charge is 0.496 e. The van der Waals surface area contributed by atoms with E-state index in [1.54, 1.807) is 7.11 Å². The number of hydrogen-bond acceptors (Lipinski definition) is 3. The Kier molecular flexibility index (Phi) is 6.60. The van der Waals surface area contributed by atoms with Gasteiger partial charge >= 0.3 is 0 Å². The molecule has 0 N–H and O–H groups in total. The predicted octanol–water partition coefficient (Wildman–Crippen LogP) is 7.23. The molecule has 0 aliphatic rings. The molecule has 4 rings (SSSR count). The fourth-order valence-electron chi connectivity index (χ4n) is 3.90. The number of hydrogen-bond donors (Lipinski definition) is 0. The maximum absolute atomic E-state index is 12.7. The summed E-state index contributed by atoms with van der Waals surface area (Å²) in [6.45, 7) is 6.12. The highest BCUT2D eigenvalue weighted by molar-refractivity contribution is 6.09. The van der Waals surface area contributed by atoms with Crippen LogP contribution in [-0.4, -0.2) is 12.9 Å². The van der Waals surface area contributed by atoms with Gasteiger partial charge in [0.1, 0.15) is 17.2 Å². The van der Waals surface area contributed by atoms with Crippen LogP contribution in [0, 0.1) is 20.8 Å². The van der Waals surface area contributed by atoms with Crippen molar-refractivity contribution >= 4 is 5.78 Å². The van der Waals surface area contributed by atoms with Crippen LogP contribution in [0.15, 0.2) is 84.9 Å². The average molecular weight is 437 g/mol. The van der Waals surface area contributed by atoms with E-state index in [1.807, 2.05) is 74.5 Å². The van der Waals surface area contributed by atoms with Crippen LogP contribution in [0.2, 0.25) is 0 Å². The van der Waals surface area contributed by atoms with E-state index in [0.717, 1.165) is 34.6 Å². The van der Waals surface area contributed by atoms with Gasteiger partial charge in [-0.25, -0.2) is 0 Å². The second-order valence-corrected chi connectivity index (χ2v) is 8.40. The topological polar surface area (TPSA) is 35.5 Å². The summed E-state index contributed by atoms with van der Waals surface area (Å²) < 4.78 is 11.4. The normalized spacial score (nSPS) is 10.7. The van der Waals surface area contributed by atoms with Crippen LogP contribution in [0.25, 0.3) is 0 Å². The molecule has 0 radical (unpaired) electrons. The third kappa shape index (κ3) is 5.32. The smallest absolute Gasteiger partial charge is 0.193 e. The van der Waals surface area contributed by atoms with E-state index in [-0.39, 0.29) is 5.78 Å². The van der Waals surface area contributed by atoms with Crippen molar-refractivity contribution in [1.29, 1.82) is 0 Å².